The van der Waals surface area contributed by atoms with Crippen LogP contribution < -0.4 is 10.6 Å². The molecule has 1 aromatic carbocycles. The highest BCUT2D eigenvalue weighted by atomic mass is 35.5. The predicted octanol–water partition coefficient (Wildman–Crippen LogP) is 3.06. The number of hydrogen-bond acceptors (Lipinski definition) is 7. The summed E-state index contributed by atoms with van der Waals surface area (Å²) in [6, 6.07) is 6.79. The average Bonchev–Trinajstić information content (AvgIpc) is 2.53. The van der Waals surface area contributed by atoms with E-state index in [1.807, 2.05) is 0 Å². The number of carbonyl (C=O) groups is 1. The van der Waals surface area contributed by atoms with Crippen LogP contribution in [0.5, 0.6) is 0 Å². The van der Waals surface area contributed by atoms with E-state index in [0.29, 0.717) is 17.1 Å². The van der Waals surface area contributed by atoms with Crippen molar-refractivity contribution in [1.29, 1.82) is 0 Å². The molecule has 0 atom stereocenters. The number of aliphatic carboxylic acids is 1. The van der Waals surface area contributed by atoms with Crippen molar-refractivity contribution < 1.29 is 14.8 Å². The van der Waals surface area contributed by atoms with E-state index in [9.17, 15) is 14.9 Å². The Bertz CT molecular complexity index is 738. The lowest BCUT2D eigenvalue weighted by Crippen LogP contribution is -2.10. The largest absolute Gasteiger partial charge is 0.481 e. The Balaban J connectivity index is 2.12. The molecule has 0 spiro atoms. The summed E-state index contributed by atoms with van der Waals surface area (Å²) in [5, 5.41) is 25.9. The predicted molar refractivity (Wildman–Crippen MR) is 88.8 cm³/mol. The number of aromatic nitrogens is 2. The van der Waals surface area contributed by atoms with Crippen molar-refractivity contribution in [3.05, 3.63) is 45.6 Å². The number of halogens is 1. The third kappa shape index (κ3) is 5.06. The van der Waals surface area contributed by atoms with Gasteiger partial charge in [-0.3, -0.25) is 14.9 Å². The highest BCUT2D eigenvalue weighted by Crippen LogP contribution is 2.24. The number of anilines is 3. The lowest BCUT2D eigenvalue weighted by Gasteiger charge is -2.08. The fraction of sp³-hybridized carbons (Fsp3) is 0.214. The van der Waals surface area contributed by atoms with Crippen LogP contribution in [0, 0.1) is 10.1 Å². The minimum absolute atomic E-state index is 0.0249. The van der Waals surface area contributed by atoms with Gasteiger partial charge in [-0.05, 0) is 30.7 Å². The topological polar surface area (TPSA) is 130 Å². The molecule has 126 valence electrons. The van der Waals surface area contributed by atoms with E-state index in [1.165, 1.54) is 0 Å². The minimum atomic E-state index is -0.931. The van der Waals surface area contributed by atoms with Crippen LogP contribution in [0.15, 0.2) is 30.5 Å². The normalized spacial score (nSPS) is 10.2. The summed E-state index contributed by atoms with van der Waals surface area (Å²) in [7, 11) is 0. The van der Waals surface area contributed by atoms with Crippen molar-refractivity contribution in [1.82, 2.24) is 9.97 Å². The molecule has 0 saturated carbocycles. The molecule has 0 saturated heterocycles. The van der Waals surface area contributed by atoms with Crippen LogP contribution in [-0.4, -0.2) is 32.5 Å². The average molecular weight is 352 g/mol. The zero-order valence-electron chi connectivity index (χ0n) is 12.4. The zero-order valence-corrected chi connectivity index (χ0v) is 13.2. The number of nitrogens with zero attached hydrogens (tertiary/aromatic N) is 3. The molecule has 9 nitrogen and oxygen atoms in total. The van der Waals surface area contributed by atoms with Crippen molar-refractivity contribution in [3.63, 3.8) is 0 Å². The Morgan fingerprint density at radius 2 is 2.04 bits per heavy atom. The molecule has 1 aromatic heterocycles. The monoisotopic (exact) mass is 351 g/mol. The number of nitrogens with one attached hydrogen (secondary N) is 2. The van der Waals surface area contributed by atoms with Gasteiger partial charge in [-0.15, -0.1) is 0 Å². The van der Waals surface area contributed by atoms with Crippen LogP contribution in [0.3, 0.4) is 0 Å². The molecule has 0 aliphatic rings. The number of carboxylic acid groups (broad SMARTS) is 1. The lowest BCUT2D eigenvalue weighted by atomic mass is 10.3. The molecular formula is C14H14ClN5O4. The Morgan fingerprint density at radius 3 is 2.67 bits per heavy atom. The molecule has 0 aliphatic heterocycles. The number of hydrogen-bond donors (Lipinski definition) is 3. The maximum Gasteiger partial charge on any atom is 0.329 e. The Labute approximate surface area is 141 Å². The van der Waals surface area contributed by atoms with Crippen LogP contribution in [0.1, 0.15) is 12.8 Å². The lowest BCUT2D eigenvalue weighted by molar-refractivity contribution is -0.384. The van der Waals surface area contributed by atoms with Gasteiger partial charge in [0.1, 0.15) is 6.20 Å². The van der Waals surface area contributed by atoms with Crippen LogP contribution >= 0.6 is 11.6 Å². The smallest absolute Gasteiger partial charge is 0.329 e. The summed E-state index contributed by atoms with van der Waals surface area (Å²) in [6.07, 6.45) is 1.36. The van der Waals surface area contributed by atoms with E-state index in [4.69, 9.17) is 16.7 Å². The van der Waals surface area contributed by atoms with E-state index < -0.39 is 10.9 Å². The second-order valence-electron chi connectivity index (χ2n) is 4.74. The van der Waals surface area contributed by atoms with Gasteiger partial charge in [-0.1, -0.05) is 11.6 Å². The molecule has 0 bridgehead atoms. The van der Waals surface area contributed by atoms with Gasteiger partial charge in [0.2, 0.25) is 11.8 Å². The quantitative estimate of drug-likeness (QED) is 0.375. The molecular weight excluding hydrogens is 338 g/mol. The summed E-state index contributed by atoms with van der Waals surface area (Å²) in [5.41, 5.74) is 0.386. The first-order chi connectivity index (χ1) is 11.5. The van der Waals surface area contributed by atoms with Gasteiger partial charge in [0.25, 0.3) is 0 Å². The second kappa shape index (κ2) is 8.06. The van der Waals surface area contributed by atoms with Crippen molar-refractivity contribution in [2.75, 3.05) is 17.2 Å². The summed E-state index contributed by atoms with van der Waals surface area (Å²) in [5.74, 6) is -0.736. The molecule has 24 heavy (non-hydrogen) atoms. The van der Waals surface area contributed by atoms with Gasteiger partial charge in [0.05, 0.1) is 4.92 Å². The molecule has 2 aromatic rings. The fourth-order valence-corrected chi connectivity index (χ4v) is 1.93. The van der Waals surface area contributed by atoms with Gasteiger partial charge in [0, 0.05) is 23.7 Å². The molecule has 0 fully saturated rings. The standard InChI is InChI=1S/C14H14ClN5O4/c15-9-3-5-10(6-4-9)18-14-17-8-11(20(23)24)13(19-14)16-7-1-2-12(21)22/h3-6,8H,1-2,7H2,(H,21,22)(H2,16,17,18,19). The highest BCUT2D eigenvalue weighted by molar-refractivity contribution is 6.30. The molecule has 1 heterocycles. The van der Waals surface area contributed by atoms with Gasteiger partial charge >= 0.3 is 11.7 Å². The Kier molecular flexibility index (Phi) is 5.85. The minimum Gasteiger partial charge on any atom is -0.481 e. The Hall–Kier alpha value is -2.94. The molecule has 0 aliphatic carbocycles. The first-order valence-electron chi connectivity index (χ1n) is 6.95. The number of rotatable bonds is 8. The van der Waals surface area contributed by atoms with E-state index in [2.05, 4.69) is 20.6 Å². The summed E-state index contributed by atoms with van der Waals surface area (Å²) in [4.78, 5) is 28.9. The maximum absolute atomic E-state index is 11.0. The van der Waals surface area contributed by atoms with Crippen molar-refractivity contribution in [2.45, 2.75) is 12.8 Å². The molecule has 10 heteroatoms. The summed E-state index contributed by atoms with van der Waals surface area (Å²) < 4.78 is 0. The summed E-state index contributed by atoms with van der Waals surface area (Å²) in [6.45, 7) is 0.241. The summed E-state index contributed by atoms with van der Waals surface area (Å²) >= 11 is 5.80. The van der Waals surface area contributed by atoms with E-state index in [0.717, 1.165) is 6.20 Å². The number of carboxylic acids is 1. The molecule has 3 N–H and O–H groups in total. The third-order valence-corrected chi connectivity index (χ3v) is 3.18. The van der Waals surface area contributed by atoms with Crippen LogP contribution in [0.4, 0.5) is 23.1 Å². The van der Waals surface area contributed by atoms with Crippen molar-refractivity contribution in [2.24, 2.45) is 0 Å². The zero-order chi connectivity index (χ0) is 17.5. The van der Waals surface area contributed by atoms with E-state index in [-0.39, 0.29) is 30.4 Å². The SMILES string of the molecule is O=C(O)CCCNc1nc(Nc2ccc(Cl)cc2)ncc1[N+](=O)[O-]. The Morgan fingerprint density at radius 1 is 1.33 bits per heavy atom. The fourth-order valence-electron chi connectivity index (χ4n) is 1.81. The molecule has 0 radical (unpaired) electrons. The molecule has 2 rings (SSSR count). The number of benzene rings is 1. The van der Waals surface area contributed by atoms with Crippen LogP contribution in [-0.2, 0) is 4.79 Å². The van der Waals surface area contributed by atoms with E-state index in [1.54, 1.807) is 24.3 Å². The van der Waals surface area contributed by atoms with Gasteiger partial charge in [0.15, 0.2) is 0 Å². The number of nitro groups is 1. The maximum atomic E-state index is 11.0. The first kappa shape index (κ1) is 17.4. The first-order valence-corrected chi connectivity index (χ1v) is 7.33. The van der Waals surface area contributed by atoms with Gasteiger partial charge < -0.3 is 15.7 Å². The van der Waals surface area contributed by atoms with Crippen molar-refractivity contribution in [3.8, 4) is 0 Å². The van der Waals surface area contributed by atoms with Gasteiger partial charge in [-0.25, -0.2) is 4.98 Å². The highest BCUT2D eigenvalue weighted by Gasteiger charge is 2.17. The van der Waals surface area contributed by atoms with Gasteiger partial charge in [-0.2, -0.15) is 4.98 Å². The van der Waals surface area contributed by atoms with Crippen molar-refractivity contribution >= 4 is 40.7 Å². The second-order valence-corrected chi connectivity index (χ2v) is 5.18. The van der Waals surface area contributed by atoms with Crippen LogP contribution in [0.25, 0.3) is 0 Å². The molecule has 0 unspecified atom stereocenters. The third-order valence-electron chi connectivity index (χ3n) is 2.93. The molecule has 0 amide bonds. The van der Waals surface area contributed by atoms with E-state index >= 15 is 0 Å². The van der Waals surface area contributed by atoms with Crippen LogP contribution in [0.2, 0.25) is 5.02 Å².